The van der Waals surface area contributed by atoms with Crippen molar-refractivity contribution < 1.29 is 13.2 Å². The maximum Gasteiger partial charge on any atom is 0.230 e. The van der Waals surface area contributed by atoms with Crippen molar-refractivity contribution >= 4 is 21.4 Å². The number of sulfone groups is 1. The van der Waals surface area contributed by atoms with Crippen LogP contribution in [0.25, 0.3) is 0 Å². The zero-order chi connectivity index (χ0) is 18.0. The van der Waals surface area contributed by atoms with Gasteiger partial charge in [0.25, 0.3) is 0 Å². The molecule has 1 aromatic rings. The molecule has 4 nitrogen and oxygen atoms in total. The number of carbonyl (C=O) groups excluding carboxylic acids is 1. The van der Waals surface area contributed by atoms with Crippen LogP contribution in [-0.4, -0.2) is 26.1 Å². The zero-order valence-electron chi connectivity index (χ0n) is 15.0. The Morgan fingerprint density at radius 1 is 1.08 bits per heavy atom. The van der Waals surface area contributed by atoms with Gasteiger partial charge in [0, 0.05) is 17.0 Å². The molecule has 2 aliphatic rings. The predicted molar refractivity (Wildman–Crippen MR) is 101 cm³/mol. The molecule has 1 amide bonds. The van der Waals surface area contributed by atoms with Gasteiger partial charge < -0.3 is 4.90 Å². The molecular weight excluding hydrogens is 334 g/mol. The average molecular weight is 362 g/mol. The fourth-order valence-corrected chi connectivity index (χ4v) is 5.04. The Hall–Kier alpha value is -1.62. The minimum atomic E-state index is -3.21. The Morgan fingerprint density at radius 3 is 2.24 bits per heavy atom. The van der Waals surface area contributed by atoms with Crippen molar-refractivity contribution in [3.8, 4) is 0 Å². The van der Waals surface area contributed by atoms with E-state index in [1.54, 1.807) is 11.0 Å². The first-order valence-corrected chi connectivity index (χ1v) is 10.9. The lowest BCUT2D eigenvalue weighted by Crippen LogP contribution is -2.45. The molecule has 1 heterocycles. The summed E-state index contributed by atoms with van der Waals surface area (Å²) in [5, 5.41) is 1.25. The number of rotatable bonds is 4. The summed E-state index contributed by atoms with van der Waals surface area (Å²) < 4.78 is 23.8. The van der Waals surface area contributed by atoms with Gasteiger partial charge in [0.15, 0.2) is 9.84 Å². The minimum absolute atomic E-state index is 0.00947. The van der Waals surface area contributed by atoms with Crippen molar-refractivity contribution in [1.29, 1.82) is 0 Å². The van der Waals surface area contributed by atoms with Crippen molar-refractivity contribution in [2.75, 3.05) is 10.7 Å². The van der Waals surface area contributed by atoms with Crippen LogP contribution in [0.15, 0.2) is 35.7 Å². The summed E-state index contributed by atoms with van der Waals surface area (Å²) in [6, 6.07) is 7.58. The molecule has 0 radical (unpaired) electrons. The van der Waals surface area contributed by atoms with Gasteiger partial charge in [-0.15, -0.1) is 0 Å². The van der Waals surface area contributed by atoms with Gasteiger partial charge in [-0.1, -0.05) is 45.2 Å². The van der Waals surface area contributed by atoms with E-state index in [4.69, 9.17) is 0 Å². The molecular formula is C20H27NO3S. The number of anilines is 1. The average Bonchev–Trinajstić information content (AvgIpc) is 2.96. The lowest BCUT2D eigenvalue weighted by Gasteiger charge is -2.33. The molecule has 0 saturated heterocycles. The van der Waals surface area contributed by atoms with Gasteiger partial charge in [0.2, 0.25) is 5.91 Å². The summed E-state index contributed by atoms with van der Waals surface area (Å²) in [4.78, 5) is 14.9. The SMILES string of the molecule is CC(C)c1ccc(N(C(=O)C2CCCCC2)[C@H]2C=CS(=O)(=O)C2)cc1. The molecule has 1 fully saturated rings. The lowest BCUT2D eigenvalue weighted by atomic mass is 9.87. The van der Waals surface area contributed by atoms with Gasteiger partial charge in [0.1, 0.15) is 0 Å². The van der Waals surface area contributed by atoms with Gasteiger partial charge >= 0.3 is 0 Å². The zero-order valence-corrected chi connectivity index (χ0v) is 15.8. The molecule has 0 unspecified atom stereocenters. The van der Waals surface area contributed by atoms with Crippen LogP contribution in [0.2, 0.25) is 0 Å². The molecule has 0 spiro atoms. The second-order valence-electron chi connectivity index (χ2n) is 7.51. The molecule has 136 valence electrons. The summed E-state index contributed by atoms with van der Waals surface area (Å²) in [7, 11) is -3.21. The van der Waals surface area contributed by atoms with Crippen molar-refractivity contribution in [2.24, 2.45) is 5.92 Å². The van der Waals surface area contributed by atoms with Crippen LogP contribution < -0.4 is 4.90 Å². The Balaban J connectivity index is 1.91. The monoisotopic (exact) mass is 361 g/mol. The van der Waals surface area contributed by atoms with Gasteiger partial charge in [-0.2, -0.15) is 0 Å². The van der Waals surface area contributed by atoms with E-state index in [1.807, 2.05) is 24.3 Å². The van der Waals surface area contributed by atoms with E-state index in [9.17, 15) is 13.2 Å². The van der Waals surface area contributed by atoms with E-state index in [0.717, 1.165) is 31.4 Å². The summed E-state index contributed by atoms with van der Waals surface area (Å²) in [6.07, 6.45) is 6.81. The Bertz CT molecular complexity index is 744. The second kappa shape index (κ2) is 7.32. The number of hydrogen-bond donors (Lipinski definition) is 0. The van der Waals surface area contributed by atoms with Crippen LogP contribution in [0.1, 0.15) is 57.4 Å². The van der Waals surface area contributed by atoms with E-state index in [1.165, 1.54) is 17.4 Å². The molecule has 0 aromatic heterocycles. The molecule has 3 rings (SSSR count). The Kier molecular flexibility index (Phi) is 5.32. The summed E-state index contributed by atoms with van der Waals surface area (Å²) in [5.41, 5.74) is 2.01. The van der Waals surface area contributed by atoms with Crippen LogP contribution in [0, 0.1) is 5.92 Å². The lowest BCUT2D eigenvalue weighted by molar-refractivity contribution is -0.123. The van der Waals surface area contributed by atoms with Gasteiger partial charge in [-0.3, -0.25) is 4.79 Å². The number of carbonyl (C=O) groups is 1. The molecule has 0 bridgehead atoms. The highest BCUT2D eigenvalue weighted by atomic mass is 32.2. The first-order chi connectivity index (χ1) is 11.9. The maximum absolute atomic E-state index is 13.2. The van der Waals surface area contributed by atoms with Crippen LogP contribution >= 0.6 is 0 Å². The van der Waals surface area contributed by atoms with Gasteiger partial charge in [-0.25, -0.2) is 8.42 Å². The topological polar surface area (TPSA) is 54.5 Å². The van der Waals surface area contributed by atoms with Crippen LogP contribution in [0.5, 0.6) is 0 Å². The number of hydrogen-bond acceptors (Lipinski definition) is 3. The molecule has 1 atom stereocenters. The van der Waals surface area contributed by atoms with E-state index in [-0.39, 0.29) is 17.6 Å². The highest BCUT2D eigenvalue weighted by Gasteiger charge is 2.35. The first kappa shape index (κ1) is 18.2. The smallest absolute Gasteiger partial charge is 0.230 e. The normalized spacial score (nSPS) is 23.1. The van der Waals surface area contributed by atoms with Gasteiger partial charge in [-0.05, 0) is 42.5 Å². The van der Waals surface area contributed by atoms with E-state index in [2.05, 4.69) is 13.8 Å². The van der Waals surface area contributed by atoms with Crippen LogP contribution in [0.3, 0.4) is 0 Å². The predicted octanol–water partition coefficient (Wildman–Crippen LogP) is 4.03. The molecule has 25 heavy (non-hydrogen) atoms. The third-order valence-corrected chi connectivity index (χ3v) is 6.65. The van der Waals surface area contributed by atoms with E-state index in [0.29, 0.717) is 5.92 Å². The third-order valence-electron chi connectivity index (χ3n) is 5.27. The van der Waals surface area contributed by atoms with Crippen molar-refractivity contribution in [1.82, 2.24) is 0 Å². The van der Waals surface area contributed by atoms with E-state index < -0.39 is 15.9 Å². The van der Waals surface area contributed by atoms with Crippen LogP contribution in [0.4, 0.5) is 5.69 Å². The Morgan fingerprint density at radius 2 is 1.72 bits per heavy atom. The largest absolute Gasteiger partial charge is 0.304 e. The highest BCUT2D eigenvalue weighted by molar-refractivity contribution is 7.94. The minimum Gasteiger partial charge on any atom is -0.304 e. The molecule has 1 aromatic carbocycles. The van der Waals surface area contributed by atoms with Crippen molar-refractivity contribution in [3.63, 3.8) is 0 Å². The summed E-state index contributed by atoms with van der Waals surface area (Å²) in [5.74, 6) is 0.486. The first-order valence-electron chi connectivity index (χ1n) is 9.21. The summed E-state index contributed by atoms with van der Waals surface area (Å²) in [6.45, 7) is 4.26. The van der Waals surface area contributed by atoms with Crippen molar-refractivity contribution in [2.45, 2.75) is 57.9 Å². The molecule has 1 aliphatic heterocycles. The fraction of sp³-hybridized carbons (Fsp3) is 0.550. The fourth-order valence-electron chi connectivity index (χ4n) is 3.77. The molecule has 5 heteroatoms. The highest BCUT2D eigenvalue weighted by Crippen LogP contribution is 2.31. The van der Waals surface area contributed by atoms with Gasteiger partial charge in [0.05, 0.1) is 11.8 Å². The van der Waals surface area contributed by atoms with Crippen molar-refractivity contribution in [3.05, 3.63) is 41.3 Å². The summed E-state index contributed by atoms with van der Waals surface area (Å²) >= 11 is 0. The maximum atomic E-state index is 13.2. The molecule has 1 saturated carbocycles. The number of nitrogens with zero attached hydrogens (tertiary/aromatic N) is 1. The Labute approximate surface area is 150 Å². The standard InChI is InChI=1S/C20H27NO3S/c1-15(2)16-8-10-18(11-9-16)21(19-12-13-25(23,24)14-19)20(22)17-6-4-3-5-7-17/h8-13,15,17,19H,3-7,14H2,1-2H3/t19-/m0/s1. The second-order valence-corrected chi connectivity index (χ2v) is 9.45. The number of amides is 1. The number of benzene rings is 1. The quantitative estimate of drug-likeness (QED) is 0.813. The van der Waals surface area contributed by atoms with Crippen LogP contribution in [-0.2, 0) is 14.6 Å². The third kappa shape index (κ3) is 4.14. The molecule has 1 aliphatic carbocycles. The van der Waals surface area contributed by atoms with E-state index >= 15 is 0 Å². The molecule has 0 N–H and O–H groups in total.